The molecule has 4 nitrogen and oxygen atoms in total. The van der Waals surface area contributed by atoms with Crippen molar-refractivity contribution in [2.75, 3.05) is 26.3 Å². The highest BCUT2D eigenvalue weighted by molar-refractivity contribution is 5.93. The predicted octanol–water partition coefficient (Wildman–Crippen LogP) is 1.40. The number of hydrogen-bond acceptors (Lipinski definition) is 3. The van der Waals surface area contributed by atoms with E-state index in [2.05, 4.69) is 6.58 Å². The number of carbonyl (C=O) groups is 1. The summed E-state index contributed by atoms with van der Waals surface area (Å²) < 4.78 is 5.21. The summed E-state index contributed by atoms with van der Waals surface area (Å²) in [6, 6.07) is 9.92. The minimum atomic E-state index is -0.787. The second-order valence-corrected chi connectivity index (χ2v) is 4.97. The maximum Gasteiger partial charge on any atom is 0.251 e. The number of aliphatic hydroxyl groups excluding tert-OH is 1. The van der Waals surface area contributed by atoms with Crippen molar-refractivity contribution < 1.29 is 14.6 Å². The molecule has 108 valence electrons. The molecule has 4 heteroatoms. The highest BCUT2D eigenvalue weighted by atomic mass is 16.5. The lowest BCUT2D eigenvalue weighted by atomic mass is 10.0. The zero-order chi connectivity index (χ0) is 14.4. The van der Waals surface area contributed by atoms with E-state index >= 15 is 0 Å². The predicted molar refractivity (Wildman–Crippen MR) is 77.3 cm³/mol. The number of ether oxygens (including phenoxy) is 1. The first-order valence-corrected chi connectivity index (χ1v) is 6.96. The van der Waals surface area contributed by atoms with E-state index in [1.165, 1.54) is 0 Å². The number of aliphatic hydroxyl groups is 1. The molecule has 1 atom stereocenters. The molecule has 1 unspecified atom stereocenters. The van der Waals surface area contributed by atoms with Gasteiger partial charge in [-0.1, -0.05) is 36.9 Å². The van der Waals surface area contributed by atoms with Crippen molar-refractivity contribution in [3.05, 3.63) is 48.0 Å². The Bertz CT molecular complexity index is 452. The number of amides is 1. The SMILES string of the molecule is C=C(C(=O)N1CCOCC1)C(O)CCc1ccccc1. The number of nitrogens with zero attached hydrogens (tertiary/aromatic N) is 1. The Morgan fingerprint density at radius 2 is 1.95 bits per heavy atom. The molecule has 0 saturated carbocycles. The van der Waals surface area contributed by atoms with Crippen LogP contribution < -0.4 is 0 Å². The summed E-state index contributed by atoms with van der Waals surface area (Å²) in [6.45, 7) is 6.01. The van der Waals surface area contributed by atoms with Gasteiger partial charge in [-0.15, -0.1) is 0 Å². The molecule has 2 rings (SSSR count). The first-order valence-electron chi connectivity index (χ1n) is 6.96. The van der Waals surface area contributed by atoms with Crippen LogP contribution in [0, 0.1) is 0 Å². The van der Waals surface area contributed by atoms with Crippen LogP contribution in [-0.4, -0.2) is 48.3 Å². The van der Waals surface area contributed by atoms with E-state index in [1.807, 2.05) is 30.3 Å². The Morgan fingerprint density at radius 3 is 2.60 bits per heavy atom. The smallest absolute Gasteiger partial charge is 0.251 e. The van der Waals surface area contributed by atoms with Crippen LogP contribution >= 0.6 is 0 Å². The molecule has 1 fully saturated rings. The summed E-state index contributed by atoms with van der Waals surface area (Å²) >= 11 is 0. The molecule has 1 aromatic rings. The van der Waals surface area contributed by atoms with Gasteiger partial charge in [0.2, 0.25) is 0 Å². The number of carbonyl (C=O) groups excluding carboxylic acids is 1. The molecule has 0 aliphatic carbocycles. The third-order valence-corrected chi connectivity index (χ3v) is 3.52. The van der Waals surface area contributed by atoms with Crippen molar-refractivity contribution in [2.24, 2.45) is 0 Å². The van der Waals surface area contributed by atoms with Gasteiger partial charge in [-0.2, -0.15) is 0 Å². The Hall–Kier alpha value is -1.65. The quantitative estimate of drug-likeness (QED) is 0.826. The molecule has 0 radical (unpaired) electrons. The van der Waals surface area contributed by atoms with Gasteiger partial charge in [0, 0.05) is 18.7 Å². The minimum Gasteiger partial charge on any atom is -0.388 e. The van der Waals surface area contributed by atoms with Crippen molar-refractivity contribution >= 4 is 5.91 Å². The molecular weight excluding hydrogens is 254 g/mol. The molecule has 1 saturated heterocycles. The topological polar surface area (TPSA) is 49.8 Å². The van der Waals surface area contributed by atoms with Crippen molar-refractivity contribution in [2.45, 2.75) is 18.9 Å². The summed E-state index contributed by atoms with van der Waals surface area (Å²) in [5, 5.41) is 10.1. The van der Waals surface area contributed by atoms with Crippen LogP contribution in [0.1, 0.15) is 12.0 Å². The molecule has 0 bridgehead atoms. The molecule has 1 N–H and O–H groups in total. The third kappa shape index (κ3) is 3.92. The zero-order valence-electron chi connectivity index (χ0n) is 11.6. The van der Waals surface area contributed by atoms with Gasteiger partial charge in [0.15, 0.2) is 0 Å². The number of hydrogen-bond donors (Lipinski definition) is 1. The average Bonchev–Trinajstić information content (AvgIpc) is 2.53. The van der Waals surface area contributed by atoms with Gasteiger partial charge in [-0.3, -0.25) is 4.79 Å². The van der Waals surface area contributed by atoms with E-state index in [0.29, 0.717) is 32.7 Å². The van der Waals surface area contributed by atoms with Crippen molar-refractivity contribution in [3.8, 4) is 0 Å². The van der Waals surface area contributed by atoms with Crippen LogP contribution in [0.15, 0.2) is 42.5 Å². The second-order valence-electron chi connectivity index (χ2n) is 4.97. The van der Waals surface area contributed by atoms with Gasteiger partial charge >= 0.3 is 0 Å². The number of aryl methyl sites for hydroxylation is 1. The Morgan fingerprint density at radius 1 is 1.30 bits per heavy atom. The largest absolute Gasteiger partial charge is 0.388 e. The van der Waals surface area contributed by atoms with E-state index in [9.17, 15) is 9.90 Å². The standard InChI is InChI=1S/C16H21NO3/c1-13(16(19)17-9-11-20-12-10-17)15(18)8-7-14-5-3-2-4-6-14/h2-6,15,18H,1,7-12H2. The van der Waals surface area contributed by atoms with Gasteiger partial charge in [0.25, 0.3) is 5.91 Å². The molecule has 0 spiro atoms. The van der Waals surface area contributed by atoms with Crippen molar-refractivity contribution in [3.63, 3.8) is 0 Å². The Labute approximate surface area is 119 Å². The van der Waals surface area contributed by atoms with Gasteiger partial charge in [-0.05, 0) is 18.4 Å². The fourth-order valence-electron chi connectivity index (χ4n) is 2.23. The Kier molecular flexibility index (Phi) is 5.32. The zero-order valence-corrected chi connectivity index (χ0v) is 11.6. The lowest BCUT2D eigenvalue weighted by molar-refractivity contribution is -0.132. The van der Waals surface area contributed by atoms with E-state index in [-0.39, 0.29) is 11.5 Å². The van der Waals surface area contributed by atoms with E-state index < -0.39 is 6.10 Å². The first-order chi connectivity index (χ1) is 9.68. The molecule has 1 aromatic carbocycles. The van der Waals surface area contributed by atoms with Gasteiger partial charge in [-0.25, -0.2) is 0 Å². The van der Waals surface area contributed by atoms with E-state index in [0.717, 1.165) is 12.0 Å². The fourth-order valence-corrected chi connectivity index (χ4v) is 2.23. The van der Waals surface area contributed by atoms with E-state index in [1.54, 1.807) is 4.90 Å². The molecular formula is C16H21NO3. The maximum absolute atomic E-state index is 12.2. The maximum atomic E-state index is 12.2. The summed E-state index contributed by atoms with van der Waals surface area (Å²) in [5.74, 6) is -0.158. The lowest BCUT2D eigenvalue weighted by Gasteiger charge is -2.28. The van der Waals surface area contributed by atoms with Crippen LogP contribution in [0.4, 0.5) is 0 Å². The minimum absolute atomic E-state index is 0.158. The van der Waals surface area contributed by atoms with Gasteiger partial charge in [0.1, 0.15) is 0 Å². The van der Waals surface area contributed by atoms with Crippen LogP contribution in [0.2, 0.25) is 0 Å². The van der Waals surface area contributed by atoms with Crippen molar-refractivity contribution in [1.82, 2.24) is 4.90 Å². The summed E-state index contributed by atoms with van der Waals surface area (Å²) in [4.78, 5) is 13.9. The second kappa shape index (κ2) is 7.22. The van der Waals surface area contributed by atoms with E-state index in [4.69, 9.17) is 4.74 Å². The van der Waals surface area contributed by atoms with Crippen LogP contribution in [0.3, 0.4) is 0 Å². The monoisotopic (exact) mass is 275 g/mol. The summed E-state index contributed by atoms with van der Waals surface area (Å²) in [6.07, 6.45) is 0.460. The summed E-state index contributed by atoms with van der Waals surface area (Å²) in [5.41, 5.74) is 1.43. The normalized spacial score (nSPS) is 16.8. The number of benzene rings is 1. The number of morpholine rings is 1. The number of rotatable bonds is 5. The Balaban J connectivity index is 1.83. The lowest BCUT2D eigenvalue weighted by Crippen LogP contribution is -2.42. The van der Waals surface area contributed by atoms with Crippen molar-refractivity contribution in [1.29, 1.82) is 0 Å². The molecule has 1 aliphatic rings. The van der Waals surface area contributed by atoms with Crippen LogP contribution in [0.25, 0.3) is 0 Å². The molecule has 1 heterocycles. The van der Waals surface area contributed by atoms with Crippen LogP contribution in [-0.2, 0) is 16.0 Å². The molecule has 0 aromatic heterocycles. The third-order valence-electron chi connectivity index (χ3n) is 3.52. The highest BCUT2D eigenvalue weighted by Gasteiger charge is 2.23. The first kappa shape index (κ1) is 14.8. The molecule has 1 amide bonds. The van der Waals surface area contributed by atoms with Gasteiger partial charge in [0.05, 0.1) is 19.3 Å². The van der Waals surface area contributed by atoms with Gasteiger partial charge < -0.3 is 14.7 Å². The fraction of sp³-hybridized carbons (Fsp3) is 0.438. The molecule has 1 aliphatic heterocycles. The summed E-state index contributed by atoms with van der Waals surface area (Å²) in [7, 11) is 0. The molecule has 20 heavy (non-hydrogen) atoms. The van der Waals surface area contributed by atoms with Crippen LogP contribution in [0.5, 0.6) is 0 Å². The average molecular weight is 275 g/mol. The highest BCUT2D eigenvalue weighted by Crippen LogP contribution is 2.13.